The molecule has 0 N–H and O–H groups in total. The van der Waals surface area contributed by atoms with Crippen molar-refractivity contribution in [1.29, 1.82) is 0 Å². The summed E-state index contributed by atoms with van der Waals surface area (Å²) in [5, 5.41) is 0. The highest BCUT2D eigenvalue weighted by Crippen LogP contribution is 2.38. The number of methoxy groups -OCH3 is 1. The Balaban J connectivity index is 1.26. The van der Waals surface area contributed by atoms with Gasteiger partial charge < -0.3 is 14.4 Å². The van der Waals surface area contributed by atoms with Crippen molar-refractivity contribution >= 4 is 0 Å². The maximum atomic E-state index is 6.40. The molecule has 1 aromatic rings. The Morgan fingerprint density at radius 2 is 1.73 bits per heavy atom. The van der Waals surface area contributed by atoms with E-state index in [1.54, 1.807) is 7.11 Å². The predicted octanol–water partition coefficient (Wildman–Crippen LogP) is 2.07. The Morgan fingerprint density at radius 3 is 2.38 bits per heavy atom. The van der Waals surface area contributed by atoms with Gasteiger partial charge in [0, 0.05) is 51.9 Å². The first kappa shape index (κ1) is 18.2. The number of likely N-dealkylation sites (N-methyl/N-ethyl adjacent to an activating group) is 1. The van der Waals surface area contributed by atoms with Crippen molar-refractivity contribution < 1.29 is 9.47 Å². The van der Waals surface area contributed by atoms with E-state index in [1.807, 2.05) is 0 Å². The number of rotatable bonds is 4. The summed E-state index contributed by atoms with van der Waals surface area (Å²) < 4.78 is 11.7. The van der Waals surface area contributed by atoms with Gasteiger partial charge in [-0.15, -0.1) is 0 Å². The average molecular weight is 360 g/mol. The van der Waals surface area contributed by atoms with E-state index in [2.05, 4.69) is 46.0 Å². The monoisotopic (exact) mass is 359 g/mol. The van der Waals surface area contributed by atoms with Gasteiger partial charge in [-0.2, -0.15) is 0 Å². The van der Waals surface area contributed by atoms with Gasteiger partial charge in [0.05, 0.1) is 19.3 Å². The number of piperidine rings is 1. The minimum absolute atomic E-state index is 0.143. The van der Waals surface area contributed by atoms with Crippen LogP contribution in [0.25, 0.3) is 0 Å². The Kier molecular flexibility index (Phi) is 5.50. The fourth-order valence-electron chi connectivity index (χ4n) is 4.70. The lowest BCUT2D eigenvalue weighted by molar-refractivity contribution is -0.0454. The summed E-state index contributed by atoms with van der Waals surface area (Å²) in [5.41, 5.74) is 1.51. The number of likely N-dealkylation sites (tertiary alicyclic amines) is 1. The third-order valence-corrected chi connectivity index (χ3v) is 6.58. The van der Waals surface area contributed by atoms with Gasteiger partial charge in [0.1, 0.15) is 5.75 Å². The van der Waals surface area contributed by atoms with Gasteiger partial charge in [-0.3, -0.25) is 9.80 Å². The molecule has 144 valence electrons. The van der Waals surface area contributed by atoms with E-state index in [4.69, 9.17) is 9.47 Å². The third kappa shape index (κ3) is 4.06. The summed E-state index contributed by atoms with van der Waals surface area (Å²) in [6, 6.07) is 9.11. The molecule has 1 aromatic carbocycles. The van der Waals surface area contributed by atoms with Crippen molar-refractivity contribution in [1.82, 2.24) is 14.7 Å². The minimum atomic E-state index is 0.143. The average Bonchev–Trinajstić information content (AvgIpc) is 3.09. The van der Waals surface area contributed by atoms with E-state index in [9.17, 15) is 0 Å². The van der Waals surface area contributed by atoms with Crippen molar-refractivity contribution in [2.24, 2.45) is 0 Å². The Hall–Kier alpha value is -1.14. The van der Waals surface area contributed by atoms with Gasteiger partial charge >= 0.3 is 0 Å². The number of piperazine rings is 1. The fourth-order valence-corrected chi connectivity index (χ4v) is 4.70. The van der Waals surface area contributed by atoms with E-state index in [0.29, 0.717) is 6.04 Å². The second-order valence-electron chi connectivity index (χ2n) is 8.32. The molecule has 3 fully saturated rings. The molecule has 5 heteroatoms. The molecular formula is C21H33N3O2. The third-order valence-electron chi connectivity index (χ3n) is 6.58. The highest BCUT2D eigenvalue weighted by Gasteiger charge is 2.44. The molecule has 3 aliphatic rings. The topological polar surface area (TPSA) is 28.2 Å². The van der Waals surface area contributed by atoms with Crippen LogP contribution in [0.3, 0.4) is 0 Å². The first-order valence-corrected chi connectivity index (χ1v) is 10.1. The van der Waals surface area contributed by atoms with Crippen molar-refractivity contribution in [3.05, 3.63) is 29.8 Å². The van der Waals surface area contributed by atoms with Crippen molar-refractivity contribution in [2.75, 3.05) is 60.0 Å². The van der Waals surface area contributed by atoms with Crippen LogP contribution >= 0.6 is 0 Å². The van der Waals surface area contributed by atoms with Crippen LogP contribution in [-0.2, 0) is 11.3 Å². The summed E-state index contributed by atoms with van der Waals surface area (Å²) in [7, 11) is 3.94. The molecule has 0 amide bonds. The lowest BCUT2D eigenvalue weighted by Crippen LogP contribution is -2.50. The molecular weight excluding hydrogens is 326 g/mol. The van der Waals surface area contributed by atoms with E-state index >= 15 is 0 Å². The number of hydrogen-bond acceptors (Lipinski definition) is 5. The van der Waals surface area contributed by atoms with E-state index < -0.39 is 0 Å². The molecule has 1 atom stereocenters. The largest absolute Gasteiger partial charge is 0.497 e. The first-order valence-electron chi connectivity index (χ1n) is 10.1. The second kappa shape index (κ2) is 7.85. The fraction of sp³-hybridized carbons (Fsp3) is 0.714. The lowest BCUT2D eigenvalue weighted by Gasteiger charge is -2.40. The smallest absolute Gasteiger partial charge is 0.118 e. The Bertz CT molecular complexity index is 575. The van der Waals surface area contributed by atoms with Gasteiger partial charge in [-0.05, 0) is 44.0 Å². The summed E-state index contributed by atoms with van der Waals surface area (Å²) in [5.74, 6) is 0.931. The molecule has 3 saturated heterocycles. The van der Waals surface area contributed by atoms with Crippen LogP contribution in [-0.4, -0.2) is 86.4 Å². The molecule has 4 rings (SSSR count). The van der Waals surface area contributed by atoms with Crippen LogP contribution in [0.2, 0.25) is 0 Å². The van der Waals surface area contributed by atoms with Gasteiger partial charge in [-0.1, -0.05) is 12.1 Å². The number of ether oxygens (including phenoxy) is 2. The first-order chi connectivity index (χ1) is 12.7. The summed E-state index contributed by atoms with van der Waals surface area (Å²) in [6.45, 7) is 9.03. The van der Waals surface area contributed by atoms with Crippen molar-refractivity contribution in [3.63, 3.8) is 0 Å². The SMILES string of the molecule is COc1ccc(CN2CCC3(CC2)C[C@@H](N2CCN(C)CC2)CO3)cc1. The minimum Gasteiger partial charge on any atom is -0.497 e. The zero-order valence-electron chi connectivity index (χ0n) is 16.3. The van der Waals surface area contributed by atoms with E-state index in [0.717, 1.165) is 32.0 Å². The summed E-state index contributed by atoms with van der Waals surface area (Å²) in [6.07, 6.45) is 3.58. The number of nitrogens with zero attached hydrogens (tertiary/aromatic N) is 3. The Labute approximate surface area is 157 Å². The van der Waals surface area contributed by atoms with E-state index in [1.165, 1.54) is 51.0 Å². The van der Waals surface area contributed by atoms with Gasteiger partial charge in [-0.25, -0.2) is 0 Å². The molecule has 26 heavy (non-hydrogen) atoms. The molecule has 0 unspecified atom stereocenters. The molecule has 0 bridgehead atoms. The quantitative estimate of drug-likeness (QED) is 0.821. The Morgan fingerprint density at radius 1 is 1.04 bits per heavy atom. The van der Waals surface area contributed by atoms with Crippen LogP contribution in [0, 0.1) is 0 Å². The molecule has 0 radical (unpaired) electrons. The summed E-state index contributed by atoms with van der Waals surface area (Å²) >= 11 is 0. The second-order valence-corrected chi connectivity index (χ2v) is 8.32. The van der Waals surface area contributed by atoms with Gasteiger partial charge in [0.15, 0.2) is 0 Å². The van der Waals surface area contributed by atoms with Crippen LogP contribution in [0.4, 0.5) is 0 Å². The van der Waals surface area contributed by atoms with Gasteiger partial charge in [0.2, 0.25) is 0 Å². The lowest BCUT2D eigenvalue weighted by atomic mass is 9.87. The van der Waals surface area contributed by atoms with Crippen molar-refractivity contribution in [2.45, 2.75) is 37.5 Å². The van der Waals surface area contributed by atoms with E-state index in [-0.39, 0.29) is 5.60 Å². The molecule has 1 spiro atoms. The normalized spacial score (nSPS) is 27.8. The van der Waals surface area contributed by atoms with Gasteiger partial charge in [0.25, 0.3) is 0 Å². The van der Waals surface area contributed by atoms with Crippen LogP contribution in [0.1, 0.15) is 24.8 Å². The molecule has 3 heterocycles. The van der Waals surface area contributed by atoms with Crippen LogP contribution in [0.5, 0.6) is 5.75 Å². The number of hydrogen-bond donors (Lipinski definition) is 0. The zero-order chi connectivity index (χ0) is 18.0. The molecule has 0 aromatic heterocycles. The van der Waals surface area contributed by atoms with Crippen molar-refractivity contribution in [3.8, 4) is 5.75 Å². The highest BCUT2D eigenvalue weighted by molar-refractivity contribution is 5.27. The number of benzene rings is 1. The van der Waals surface area contributed by atoms with Crippen LogP contribution < -0.4 is 4.74 Å². The standard InChI is InChI=1S/C21H33N3O2/c1-22-11-13-24(14-12-22)19-15-21(26-17-19)7-9-23(10-8-21)16-18-3-5-20(25-2)6-4-18/h3-6,19H,7-17H2,1-2H3/t19-/m1/s1. The highest BCUT2D eigenvalue weighted by atomic mass is 16.5. The molecule has 5 nitrogen and oxygen atoms in total. The zero-order valence-corrected chi connectivity index (χ0v) is 16.3. The van der Waals surface area contributed by atoms with Crippen LogP contribution in [0.15, 0.2) is 24.3 Å². The molecule has 0 saturated carbocycles. The molecule has 0 aliphatic carbocycles. The predicted molar refractivity (Wildman–Crippen MR) is 104 cm³/mol. The summed E-state index contributed by atoms with van der Waals surface area (Å²) in [4.78, 5) is 7.66. The maximum Gasteiger partial charge on any atom is 0.118 e. The maximum absolute atomic E-state index is 6.40. The molecule has 3 aliphatic heterocycles.